The van der Waals surface area contributed by atoms with Crippen molar-refractivity contribution in [3.05, 3.63) is 23.8 Å². The van der Waals surface area contributed by atoms with Gasteiger partial charge in [0.2, 0.25) is 0 Å². The van der Waals surface area contributed by atoms with Gasteiger partial charge in [-0.2, -0.15) is 0 Å². The standard InChI is InChI=1S/C14H23NO2/c1-5-12(6-2)15-10-11-9-13(16-3)7-8-14(11)17-4/h7-9,12,15H,5-6,10H2,1-4H3. The predicted molar refractivity (Wildman–Crippen MR) is 70.8 cm³/mol. The summed E-state index contributed by atoms with van der Waals surface area (Å²) in [7, 11) is 3.38. The quantitative estimate of drug-likeness (QED) is 0.791. The number of hydrogen-bond donors (Lipinski definition) is 1. The molecule has 0 saturated carbocycles. The van der Waals surface area contributed by atoms with E-state index in [1.165, 1.54) is 0 Å². The molecule has 17 heavy (non-hydrogen) atoms. The van der Waals surface area contributed by atoms with Crippen LogP contribution in [0.5, 0.6) is 11.5 Å². The summed E-state index contributed by atoms with van der Waals surface area (Å²) in [5.74, 6) is 1.77. The Morgan fingerprint density at radius 3 is 2.35 bits per heavy atom. The van der Waals surface area contributed by atoms with Crippen LogP contribution in [0.3, 0.4) is 0 Å². The molecule has 0 aliphatic rings. The largest absolute Gasteiger partial charge is 0.497 e. The minimum absolute atomic E-state index is 0.561. The lowest BCUT2D eigenvalue weighted by atomic mass is 10.1. The van der Waals surface area contributed by atoms with Crippen molar-refractivity contribution < 1.29 is 9.47 Å². The SMILES string of the molecule is CCC(CC)NCc1cc(OC)ccc1OC. The maximum Gasteiger partial charge on any atom is 0.123 e. The highest BCUT2D eigenvalue weighted by Gasteiger charge is 2.07. The van der Waals surface area contributed by atoms with Crippen molar-refractivity contribution in [1.29, 1.82) is 0 Å². The van der Waals surface area contributed by atoms with Crippen LogP contribution in [0.2, 0.25) is 0 Å². The molecule has 0 aliphatic heterocycles. The van der Waals surface area contributed by atoms with Crippen LogP contribution in [0.1, 0.15) is 32.3 Å². The fourth-order valence-corrected chi connectivity index (χ4v) is 1.85. The maximum atomic E-state index is 5.35. The third-order valence-electron chi connectivity index (χ3n) is 3.05. The Bertz CT molecular complexity index is 335. The Morgan fingerprint density at radius 1 is 1.12 bits per heavy atom. The third kappa shape index (κ3) is 3.93. The van der Waals surface area contributed by atoms with Crippen molar-refractivity contribution in [2.45, 2.75) is 39.3 Å². The summed E-state index contributed by atoms with van der Waals surface area (Å²) < 4.78 is 10.6. The summed E-state index contributed by atoms with van der Waals surface area (Å²) in [5, 5.41) is 3.53. The summed E-state index contributed by atoms with van der Waals surface area (Å²) in [6.07, 6.45) is 2.28. The first-order valence-electron chi connectivity index (χ1n) is 6.19. The van der Waals surface area contributed by atoms with Crippen LogP contribution < -0.4 is 14.8 Å². The number of methoxy groups -OCH3 is 2. The molecule has 0 fully saturated rings. The van der Waals surface area contributed by atoms with E-state index in [0.717, 1.165) is 36.4 Å². The first-order valence-corrected chi connectivity index (χ1v) is 6.19. The molecule has 0 aliphatic carbocycles. The van der Waals surface area contributed by atoms with E-state index < -0.39 is 0 Å². The van der Waals surface area contributed by atoms with Gasteiger partial charge in [-0.25, -0.2) is 0 Å². The molecule has 0 saturated heterocycles. The van der Waals surface area contributed by atoms with Crippen LogP contribution in [0.4, 0.5) is 0 Å². The number of rotatable bonds is 7. The highest BCUT2D eigenvalue weighted by molar-refractivity contribution is 5.40. The van der Waals surface area contributed by atoms with E-state index in [-0.39, 0.29) is 0 Å². The van der Waals surface area contributed by atoms with Crippen molar-refractivity contribution in [3.63, 3.8) is 0 Å². The third-order valence-corrected chi connectivity index (χ3v) is 3.05. The summed E-state index contributed by atoms with van der Waals surface area (Å²) in [6.45, 7) is 5.21. The van der Waals surface area contributed by atoms with Crippen molar-refractivity contribution in [3.8, 4) is 11.5 Å². The van der Waals surface area contributed by atoms with Gasteiger partial charge in [-0.3, -0.25) is 0 Å². The van der Waals surface area contributed by atoms with Crippen molar-refractivity contribution in [1.82, 2.24) is 5.32 Å². The van der Waals surface area contributed by atoms with E-state index in [9.17, 15) is 0 Å². The highest BCUT2D eigenvalue weighted by Crippen LogP contribution is 2.23. The zero-order valence-corrected chi connectivity index (χ0v) is 11.2. The number of nitrogens with one attached hydrogen (secondary N) is 1. The molecular weight excluding hydrogens is 214 g/mol. The fourth-order valence-electron chi connectivity index (χ4n) is 1.85. The minimum atomic E-state index is 0.561. The van der Waals surface area contributed by atoms with Gasteiger partial charge >= 0.3 is 0 Å². The maximum absolute atomic E-state index is 5.35. The Kier molecular flexibility index (Phi) is 5.84. The summed E-state index contributed by atoms with van der Waals surface area (Å²) in [6, 6.07) is 6.45. The Balaban J connectivity index is 2.73. The molecule has 0 unspecified atom stereocenters. The Hall–Kier alpha value is -1.22. The Labute approximate surface area is 104 Å². The van der Waals surface area contributed by atoms with E-state index in [1.54, 1.807) is 14.2 Å². The van der Waals surface area contributed by atoms with Crippen LogP contribution in [0.15, 0.2) is 18.2 Å². The fraction of sp³-hybridized carbons (Fsp3) is 0.571. The van der Waals surface area contributed by atoms with Crippen molar-refractivity contribution >= 4 is 0 Å². The monoisotopic (exact) mass is 237 g/mol. The van der Waals surface area contributed by atoms with E-state index in [4.69, 9.17) is 9.47 Å². The van der Waals surface area contributed by atoms with Crippen molar-refractivity contribution in [2.75, 3.05) is 14.2 Å². The predicted octanol–water partition coefficient (Wildman–Crippen LogP) is 2.98. The van der Waals surface area contributed by atoms with Gasteiger partial charge in [-0.1, -0.05) is 13.8 Å². The zero-order chi connectivity index (χ0) is 12.7. The average Bonchev–Trinajstić information content (AvgIpc) is 2.39. The smallest absolute Gasteiger partial charge is 0.123 e. The molecule has 0 aromatic heterocycles. The summed E-state index contributed by atoms with van der Waals surface area (Å²) in [5.41, 5.74) is 1.14. The lowest BCUT2D eigenvalue weighted by Gasteiger charge is -2.16. The molecule has 1 rings (SSSR count). The van der Waals surface area contributed by atoms with Gasteiger partial charge in [-0.05, 0) is 31.0 Å². The highest BCUT2D eigenvalue weighted by atomic mass is 16.5. The first-order chi connectivity index (χ1) is 8.24. The van der Waals surface area contributed by atoms with Crippen LogP contribution >= 0.6 is 0 Å². The van der Waals surface area contributed by atoms with Gasteiger partial charge in [0, 0.05) is 18.2 Å². The van der Waals surface area contributed by atoms with Crippen LogP contribution in [0.25, 0.3) is 0 Å². The van der Waals surface area contributed by atoms with Gasteiger partial charge in [0.15, 0.2) is 0 Å². The topological polar surface area (TPSA) is 30.5 Å². The van der Waals surface area contributed by atoms with Crippen molar-refractivity contribution in [2.24, 2.45) is 0 Å². The number of hydrogen-bond acceptors (Lipinski definition) is 3. The molecule has 3 heteroatoms. The average molecular weight is 237 g/mol. The normalized spacial score (nSPS) is 10.6. The van der Waals surface area contributed by atoms with Gasteiger partial charge in [0.25, 0.3) is 0 Å². The van der Waals surface area contributed by atoms with Crippen LogP contribution in [-0.2, 0) is 6.54 Å². The van der Waals surface area contributed by atoms with Crippen LogP contribution in [0, 0.1) is 0 Å². The van der Waals surface area contributed by atoms with Gasteiger partial charge in [-0.15, -0.1) is 0 Å². The molecule has 0 radical (unpaired) electrons. The van der Waals surface area contributed by atoms with E-state index in [2.05, 4.69) is 19.2 Å². The lowest BCUT2D eigenvalue weighted by molar-refractivity contribution is 0.393. The van der Waals surface area contributed by atoms with E-state index in [0.29, 0.717) is 6.04 Å². The molecule has 0 bridgehead atoms. The minimum Gasteiger partial charge on any atom is -0.497 e. The molecule has 0 spiro atoms. The van der Waals surface area contributed by atoms with E-state index >= 15 is 0 Å². The molecule has 1 aromatic carbocycles. The summed E-state index contributed by atoms with van der Waals surface area (Å²) >= 11 is 0. The molecule has 0 atom stereocenters. The Morgan fingerprint density at radius 2 is 1.82 bits per heavy atom. The van der Waals surface area contributed by atoms with E-state index in [1.807, 2.05) is 18.2 Å². The second kappa shape index (κ2) is 7.17. The van der Waals surface area contributed by atoms with Gasteiger partial charge < -0.3 is 14.8 Å². The number of benzene rings is 1. The number of ether oxygens (including phenoxy) is 2. The molecular formula is C14H23NO2. The molecule has 0 heterocycles. The van der Waals surface area contributed by atoms with Crippen LogP contribution in [-0.4, -0.2) is 20.3 Å². The molecule has 0 amide bonds. The molecule has 96 valence electrons. The van der Waals surface area contributed by atoms with Gasteiger partial charge in [0.1, 0.15) is 11.5 Å². The molecule has 3 nitrogen and oxygen atoms in total. The second-order valence-corrected chi connectivity index (χ2v) is 4.07. The van der Waals surface area contributed by atoms with Gasteiger partial charge in [0.05, 0.1) is 14.2 Å². The second-order valence-electron chi connectivity index (χ2n) is 4.07. The zero-order valence-electron chi connectivity index (χ0n) is 11.2. The molecule has 1 N–H and O–H groups in total. The first kappa shape index (κ1) is 13.8. The molecule has 1 aromatic rings. The lowest BCUT2D eigenvalue weighted by Crippen LogP contribution is -2.27. The summed E-state index contributed by atoms with van der Waals surface area (Å²) in [4.78, 5) is 0.